The third-order valence-corrected chi connectivity index (χ3v) is 6.29. The summed E-state index contributed by atoms with van der Waals surface area (Å²) >= 11 is 0. The summed E-state index contributed by atoms with van der Waals surface area (Å²) in [5, 5.41) is 2.92. The van der Waals surface area contributed by atoms with E-state index in [0.717, 1.165) is 6.54 Å². The number of nitrogens with one attached hydrogen (secondary N) is 1. The molecule has 140 valence electrons. The number of methoxy groups -OCH3 is 1. The number of carbonyl (C=O) groups is 1. The maximum absolute atomic E-state index is 12.7. The Morgan fingerprint density at radius 2 is 1.84 bits per heavy atom. The molecule has 0 radical (unpaired) electrons. The predicted octanol–water partition coefficient (Wildman–Crippen LogP) is 0.774. The summed E-state index contributed by atoms with van der Waals surface area (Å²) in [7, 11) is 1.92. The third kappa shape index (κ3) is 5.17. The Labute approximate surface area is 150 Å². The highest BCUT2D eigenvalue weighted by molar-refractivity contribution is 7.89. The van der Waals surface area contributed by atoms with Crippen molar-refractivity contribution < 1.29 is 17.9 Å². The van der Waals surface area contributed by atoms with Crippen LogP contribution in [-0.4, -0.2) is 70.9 Å². The van der Waals surface area contributed by atoms with Crippen LogP contribution < -0.4 is 10.1 Å². The second-order valence-corrected chi connectivity index (χ2v) is 8.39. The number of likely N-dealkylation sites (N-methyl/N-ethyl adjacent to an activating group) is 1. The highest BCUT2D eigenvalue weighted by Crippen LogP contribution is 2.25. The molecule has 1 heterocycles. The minimum absolute atomic E-state index is 0.0170. The molecule has 1 N–H and O–H groups in total. The van der Waals surface area contributed by atoms with Gasteiger partial charge in [-0.25, -0.2) is 8.42 Å². The second kappa shape index (κ2) is 8.64. The summed E-state index contributed by atoms with van der Waals surface area (Å²) in [4.78, 5) is 14.4. The molecule has 1 amide bonds. The molecule has 0 aromatic heterocycles. The van der Waals surface area contributed by atoms with Crippen molar-refractivity contribution in [1.29, 1.82) is 0 Å². The van der Waals surface area contributed by atoms with Gasteiger partial charge in [-0.3, -0.25) is 4.79 Å². The van der Waals surface area contributed by atoms with Crippen LogP contribution in [0.3, 0.4) is 0 Å². The van der Waals surface area contributed by atoms with Crippen molar-refractivity contribution in [2.75, 3.05) is 47.4 Å². The summed E-state index contributed by atoms with van der Waals surface area (Å²) in [5.41, 5.74) is 0. The number of amides is 1. The first kappa shape index (κ1) is 19.7. The SMILES string of the molecule is COc1ccc(S(=O)(=O)N2CCC(C(=O)NCCN(C)C)CC2)cc1. The molecule has 0 aliphatic carbocycles. The summed E-state index contributed by atoms with van der Waals surface area (Å²) in [6.07, 6.45) is 1.09. The van der Waals surface area contributed by atoms with Crippen molar-refractivity contribution in [3.05, 3.63) is 24.3 Å². The van der Waals surface area contributed by atoms with Crippen molar-refractivity contribution in [1.82, 2.24) is 14.5 Å². The van der Waals surface area contributed by atoms with E-state index in [2.05, 4.69) is 5.32 Å². The Hall–Kier alpha value is -1.64. The summed E-state index contributed by atoms with van der Waals surface area (Å²) < 4.78 is 31.9. The van der Waals surface area contributed by atoms with Crippen LogP contribution in [0.25, 0.3) is 0 Å². The van der Waals surface area contributed by atoms with Gasteiger partial charge in [-0.05, 0) is 51.2 Å². The van der Waals surface area contributed by atoms with Crippen LogP contribution in [-0.2, 0) is 14.8 Å². The quantitative estimate of drug-likeness (QED) is 0.768. The highest BCUT2D eigenvalue weighted by atomic mass is 32.2. The molecule has 0 spiro atoms. The standard InChI is InChI=1S/C17H27N3O4S/c1-19(2)13-10-18-17(21)14-8-11-20(12-9-14)25(22,23)16-6-4-15(24-3)5-7-16/h4-7,14H,8-13H2,1-3H3,(H,18,21). The van der Waals surface area contributed by atoms with Crippen LogP contribution in [0.4, 0.5) is 0 Å². The smallest absolute Gasteiger partial charge is 0.243 e. The monoisotopic (exact) mass is 369 g/mol. The Morgan fingerprint density at radius 1 is 1.24 bits per heavy atom. The first-order chi connectivity index (χ1) is 11.8. The van der Waals surface area contributed by atoms with E-state index >= 15 is 0 Å². The van der Waals surface area contributed by atoms with Gasteiger partial charge in [0.1, 0.15) is 5.75 Å². The Morgan fingerprint density at radius 3 is 2.36 bits per heavy atom. The second-order valence-electron chi connectivity index (χ2n) is 6.45. The van der Waals surface area contributed by atoms with E-state index < -0.39 is 10.0 Å². The van der Waals surface area contributed by atoms with E-state index in [4.69, 9.17) is 4.74 Å². The number of sulfonamides is 1. The zero-order chi connectivity index (χ0) is 18.4. The van der Waals surface area contributed by atoms with E-state index in [9.17, 15) is 13.2 Å². The number of hydrogen-bond acceptors (Lipinski definition) is 5. The van der Waals surface area contributed by atoms with Crippen LogP contribution >= 0.6 is 0 Å². The molecule has 7 nitrogen and oxygen atoms in total. The molecule has 8 heteroatoms. The topological polar surface area (TPSA) is 79.0 Å². The molecule has 0 bridgehead atoms. The molecular formula is C17H27N3O4S. The van der Waals surface area contributed by atoms with Crippen LogP contribution in [0.5, 0.6) is 5.75 Å². The molecule has 1 fully saturated rings. The largest absolute Gasteiger partial charge is 0.497 e. The predicted molar refractivity (Wildman–Crippen MR) is 96.0 cm³/mol. The van der Waals surface area contributed by atoms with Gasteiger partial charge in [-0.15, -0.1) is 0 Å². The minimum Gasteiger partial charge on any atom is -0.497 e. The number of hydrogen-bond donors (Lipinski definition) is 1. The van der Waals surface area contributed by atoms with Gasteiger partial charge in [0.15, 0.2) is 0 Å². The molecule has 0 unspecified atom stereocenters. The fourth-order valence-corrected chi connectivity index (χ4v) is 4.27. The van der Waals surface area contributed by atoms with E-state index in [1.54, 1.807) is 24.3 Å². The van der Waals surface area contributed by atoms with Crippen molar-refractivity contribution >= 4 is 15.9 Å². The number of piperidine rings is 1. The van der Waals surface area contributed by atoms with Crippen LogP contribution in [0.2, 0.25) is 0 Å². The third-order valence-electron chi connectivity index (χ3n) is 4.38. The summed E-state index contributed by atoms with van der Waals surface area (Å²) in [5.74, 6) is 0.514. The van der Waals surface area contributed by atoms with E-state index in [1.807, 2.05) is 19.0 Å². The van der Waals surface area contributed by atoms with Crippen molar-refractivity contribution in [3.8, 4) is 5.75 Å². The number of ether oxygens (including phenoxy) is 1. The van der Waals surface area contributed by atoms with Gasteiger partial charge in [0.25, 0.3) is 0 Å². The van der Waals surface area contributed by atoms with Gasteiger partial charge in [-0.2, -0.15) is 4.31 Å². The Balaban J connectivity index is 1.90. The van der Waals surface area contributed by atoms with E-state index in [0.29, 0.717) is 38.2 Å². The van der Waals surface area contributed by atoms with Crippen LogP contribution in [0.15, 0.2) is 29.2 Å². The van der Waals surface area contributed by atoms with Gasteiger partial charge in [-0.1, -0.05) is 0 Å². The minimum atomic E-state index is -3.52. The van der Waals surface area contributed by atoms with Gasteiger partial charge in [0.2, 0.25) is 15.9 Å². The molecule has 1 aromatic rings. The number of benzene rings is 1. The van der Waals surface area contributed by atoms with Crippen LogP contribution in [0, 0.1) is 5.92 Å². The van der Waals surface area contributed by atoms with E-state index in [1.165, 1.54) is 11.4 Å². The summed E-state index contributed by atoms with van der Waals surface area (Å²) in [6, 6.07) is 6.37. The van der Waals surface area contributed by atoms with Crippen LogP contribution in [0.1, 0.15) is 12.8 Å². The number of nitrogens with zero attached hydrogens (tertiary/aromatic N) is 2. The Kier molecular flexibility index (Phi) is 6.80. The molecule has 2 rings (SSSR count). The van der Waals surface area contributed by atoms with Crippen molar-refractivity contribution in [2.45, 2.75) is 17.7 Å². The summed E-state index contributed by atoms with van der Waals surface area (Å²) in [6.45, 7) is 2.12. The lowest BCUT2D eigenvalue weighted by Gasteiger charge is -2.30. The Bertz CT molecular complexity index is 666. The van der Waals surface area contributed by atoms with Gasteiger partial charge >= 0.3 is 0 Å². The maximum atomic E-state index is 12.7. The van der Waals surface area contributed by atoms with Crippen molar-refractivity contribution in [2.24, 2.45) is 5.92 Å². The highest BCUT2D eigenvalue weighted by Gasteiger charge is 2.31. The lowest BCUT2D eigenvalue weighted by Crippen LogP contribution is -2.43. The number of carbonyl (C=O) groups excluding carboxylic acids is 1. The van der Waals surface area contributed by atoms with Gasteiger partial charge in [0.05, 0.1) is 12.0 Å². The van der Waals surface area contributed by atoms with E-state index in [-0.39, 0.29) is 16.7 Å². The molecule has 1 aliphatic rings. The number of rotatable bonds is 7. The fourth-order valence-electron chi connectivity index (χ4n) is 2.80. The first-order valence-corrected chi connectivity index (χ1v) is 9.85. The fraction of sp³-hybridized carbons (Fsp3) is 0.588. The molecule has 25 heavy (non-hydrogen) atoms. The first-order valence-electron chi connectivity index (χ1n) is 8.41. The molecule has 1 aliphatic heterocycles. The molecule has 0 atom stereocenters. The zero-order valence-corrected chi connectivity index (χ0v) is 15.9. The van der Waals surface area contributed by atoms with Gasteiger partial charge < -0.3 is 15.0 Å². The lowest BCUT2D eigenvalue weighted by molar-refractivity contribution is -0.126. The molecular weight excluding hydrogens is 342 g/mol. The normalized spacial score (nSPS) is 16.8. The lowest BCUT2D eigenvalue weighted by atomic mass is 9.97. The van der Waals surface area contributed by atoms with Crippen molar-refractivity contribution in [3.63, 3.8) is 0 Å². The molecule has 1 aromatic carbocycles. The maximum Gasteiger partial charge on any atom is 0.243 e. The van der Waals surface area contributed by atoms with Gasteiger partial charge in [0, 0.05) is 32.1 Å². The molecule has 1 saturated heterocycles. The zero-order valence-electron chi connectivity index (χ0n) is 15.1. The molecule has 0 saturated carbocycles. The average Bonchev–Trinajstić information content (AvgIpc) is 2.61. The average molecular weight is 369 g/mol.